The Bertz CT molecular complexity index is 858. The number of benzene rings is 1. The molecule has 3 rings (SSSR count). The minimum absolute atomic E-state index is 0.0583. The molecule has 0 aliphatic heterocycles. The molecule has 1 N–H and O–H groups in total. The first-order valence-corrected chi connectivity index (χ1v) is 7.16. The van der Waals surface area contributed by atoms with Crippen LogP contribution in [-0.2, 0) is 7.05 Å². The van der Waals surface area contributed by atoms with E-state index in [-0.39, 0.29) is 11.9 Å². The Labute approximate surface area is 133 Å². The van der Waals surface area contributed by atoms with Gasteiger partial charge in [-0.25, -0.2) is 0 Å². The molecule has 0 radical (unpaired) electrons. The van der Waals surface area contributed by atoms with Crippen molar-refractivity contribution in [1.29, 1.82) is 0 Å². The number of carbonyl (C=O) groups is 1. The van der Waals surface area contributed by atoms with E-state index in [4.69, 9.17) is 4.42 Å². The normalized spacial score (nSPS) is 10.8. The number of anilines is 1. The Morgan fingerprint density at radius 2 is 1.78 bits per heavy atom. The number of carbonyl (C=O) groups excluding carboxylic acids is 1. The number of aromatic nitrogens is 4. The van der Waals surface area contributed by atoms with Crippen molar-refractivity contribution >= 4 is 11.9 Å². The first-order valence-electron chi connectivity index (χ1n) is 7.16. The third kappa shape index (κ3) is 3.13. The number of aryl methyl sites for hydroxylation is 4. The van der Waals surface area contributed by atoms with Gasteiger partial charge >= 0.3 is 6.01 Å². The molecule has 23 heavy (non-hydrogen) atoms. The van der Waals surface area contributed by atoms with Gasteiger partial charge in [0.1, 0.15) is 5.69 Å². The molecule has 0 saturated heterocycles. The molecule has 7 nitrogen and oxygen atoms in total. The van der Waals surface area contributed by atoms with Crippen molar-refractivity contribution in [3.63, 3.8) is 0 Å². The van der Waals surface area contributed by atoms with E-state index >= 15 is 0 Å². The van der Waals surface area contributed by atoms with Crippen molar-refractivity contribution in [1.82, 2.24) is 20.0 Å². The van der Waals surface area contributed by atoms with Gasteiger partial charge in [0.2, 0.25) is 0 Å². The molecular weight excluding hydrogens is 294 g/mol. The van der Waals surface area contributed by atoms with Gasteiger partial charge in [0, 0.05) is 12.6 Å². The lowest BCUT2D eigenvalue weighted by Crippen LogP contribution is -2.12. The highest BCUT2D eigenvalue weighted by atomic mass is 16.4. The van der Waals surface area contributed by atoms with Gasteiger partial charge in [-0.2, -0.15) is 5.10 Å². The average Bonchev–Trinajstić information content (AvgIpc) is 3.04. The molecule has 0 spiro atoms. The lowest BCUT2D eigenvalue weighted by atomic mass is 10.1. The summed E-state index contributed by atoms with van der Waals surface area (Å²) in [5.74, 6) is 0.0250. The smallest absolute Gasteiger partial charge is 0.322 e. The van der Waals surface area contributed by atoms with Crippen LogP contribution in [-0.4, -0.2) is 25.9 Å². The minimum atomic E-state index is -0.284. The van der Waals surface area contributed by atoms with E-state index < -0.39 is 0 Å². The van der Waals surface area contributed by atoms with Crippen LogP contribution in [0.5, 0.6) is 0 Å². The summed E-state index contributed by atoms with van der Waals surface area (Å²) in [6.45, 7) is 5.77. The van der Waals surface area contributed by atoms with E-state index in [1.54, 1.807) is 11.7 Å². The average molecular weight is 311 g/mol. The van der Waals surface area contributed by atoms with Crippen molar-refractivity contribution in [3.8, 4) is 11.6 Å². The van der Waals surface area contributed by atoms with Gasteiger partial charge in [0.15, 0.2) is 0 Å². The summed E-state index contributed by atoms with van der Waals surface area (Å²) in [7, 11) is 1.79. The van der Waals surface area contributed by atoms with Crippen LogP contribution in [0.2, 0.25) is 0 Å². The summed E-state index contributed by atoms with van der Waals surface area (Å²) < 4.78 is 7.15. The second-order valence-corrected chi connectivity index (χ2v) is 5.54. The van der Waals surface area contributed by atoms with Gasteiger partial charge in [0.25, 0.3) is 11.8 Å². The fourth-order valence-electron chi connectivity index (χ4n) is 2.46. The van der Waals surface area contributed by atoms with Crippen LogP contribution >= 0.6 is 0 Å². The van der Waals surface area contributed by atoms with E-state index in [0.717, 1.165) is 16.8 Å². The highest BCUT2D eigenvalue weighted by Gasteiger charge is 2.15. The van der Waals surface area contributed by atoms with Gasteiger partial charge in [-0.1, -0.05) is 22.3 Å². The van der Waals surface area contributed by atoms with Gasteiger partial charge in [-0.15, -0.1) is 5.10 Å². The van der Waals surface area contributed by atoms with Crippen LogP contribution in [0.1, 0.15) is 27.2 Å². The molecule has 2 aromatic heterocycles. The van der Waals surface area contributed by atoms with Crippen LogP contribution in [0.15, 0.2) is 28.7 Å². The van der Waals surface area contributed by atoms with E-state index in [2.05, 4.69) is 20.6 Å². The fourth-order valence-corrected chi connectivity index (χ4v) is 2.46. The summed E-state index contributed by atoms with van der Waals surface area (Å²) in [6, 6.07) is 7.52. The Morgan fingerprint density at radius 3 is 2.39 bits per heavy atom. The summed E-state index contributed by atoms with van der Waals surface area (Å²) >= 11 is 0. The minimum Gasteiger partial charge on any atom is -0.401 e. The van der Waals surface area contributed by atoms with Crippen molar-refractivity contribution < 1.29 is 9.21 Å². The van der Waals surface area contributed by atoms with Crippen LogP contribution in [0.3, 0.4) is 0 Å². The lowest BCUT2D eigenvalue weighted by Gasteiger charge is -2.03. The number of nitrogens with zero attached hydrogens (tertiary/aromatic N) is 4. The number of hydrogen-bond donors (Lipinski definition) is 1. The van der Waals surface area contributed by atoms with Crippen LogP contribution in [0, 0.1) is 20.8 Å². The molecule has 1 amide bonds. The molecule has 3 aromatic rings. The molecule has 2 heterocycles. The molecule has 118 valence electrons. The maximum absolute atomic E-state index is 12.3. The Morgan fingerprint density at radius 1 is 1.09 bits per heavy atom. The Kier molecular flexibility index (Phi) is 3.69. The monoisotopic (exact) mass is 311 g/mol. The zero-order chi connectivity index (χ0) is 16.6. The SMILES string of the molecule is Cc1cc(C)cc(C(=O)Nc2nnc(-c3cc(C)nn3C)o2)c1. The lowest BCUT2D eigenvalue weighted by molar-refractivity contribution is 0.102. The molecular formula is C16H17N5O2. The Balaban J connectivity index is 1.81. The van der Waals surface area contributed by atoms with Crippen molar-refractivity contribution in [3.05, 3.63) is 46.6 Å². The highest BCUT2D eigenvalue weighted by molar-refractivity contribution is 6.03. The summed E-state index contributed by atoms with van der Waals surface area (Å²) in [6.07, 6.45) is 0. The summed E-state index contributed by atoms with van der Waals surface area (Å²) in [5, 5.41) is 14.7. The number of rotatable bonds is 3. The third-order valence-corrected chi connectivity index (χ3v) is 3.35. The zero-order valence-corrected chi connectivity index (χ0v) is 13.4. The predicted octanol–water partition coefficient (Wildman–Crippen LogP) is 2.65. The van der Waals surface area contributed by atoms with Crippen LogP contribution < -0.4 is 5.32 Å². The van der Waals surface area contributed by atoms with Crippen LogP contribution in [0.25, 0.3) is 11.6 Å². The zero-order valence-electron chi connectivity index (χ0n) is 13.4. The van der Waals surface area contributed by atoms with Crippen molar-refractivity contribution in [2.45, 2.75) is 20.8 Å². The van der Waals surface area contributed by atoms with Crippen molar-refractivity contribution in [2.75, 3.05) is 5.32 Å². The largest absolute Gasteiger partial charge is 0.401 e. The number of amides is 1. The van der Waals surface area contributed by atoms with E-state index in [0.29, 0.717) is 17.1 Å². The summed E-state index contributed by atoms with van der Waals surface area (Å²) in [4.78, 5) is 12.3. The van der Waals surface area contributed by atoms with Crippen LogP contribution in [0.4, 0.5) is 6.01 Å². The molecule has 0 saturated carbocycles. The Hall–Kier alpha value is -2.96. The van der Waals surface area contributed by atoms with E-state index in [1.807, 2.05) is 45.0 Å². The maximum atomic E-state index is 12.3. The van der Waals surface area contributed by atoms with Gasteiger partial charge in [0.05, 0.1) is 5.69 Å². The van der Waals surface area contributed by atoms with Crippen molar-refractivity contribution in [2.24, 2.45) is 7.05 Å². The maximum Gasteiger partial charge on any atom is 0.322 e. The molecule has 7 heteroatoms. The molecule has 1 aromatic carbocycles. The van der Waals surface area contributed by atoms with E-state index in [9.17, 15) is 4.79 Å². The van der Waals surface area contributed by atoms with E-state index in [1.165, 1.54) is 0 Å². The predicted molar refractivity (Wildman–Crippen MR) is 85.1 cm³/mol. The van der Waals surface area contributed by atoms with Gasteiger partial charge < -0.3 is 4.42 Å². The first kappa shape index (κ1) is 15.0. The second-order valence-electron chi connectivity index (χ2n) is 5.54. The third-order valence-electron chi connectivity index (χ3n) is 3.35. The van der Waals surface area contributed by atoms with Gasteiger partial charge in [-0.3, -0.25) is 14.8 Å². The number of hydrogen-bond acceptors (Lipinski definition) is 5. The molecule has 0 unspecified atom stereocenters. The topological polar surface area (TPSA) is 85.8 Å². The first-order chi connectivity index (χ1) is 10.9. The quantitative estimate of drug-likeness (QED) is 0.803. The number of nitrogens with one attached hydrogen (secondary N) is 1. The fraction of sp³-hybridized carbons (Fsp3) is 0.250. The molecule has 0 aliphatic rings. The molecule has 0 aliphatic carbocycles. The standard InChI is InChI=1S/C16H17N5O2/c1-9-5-10(2)7-12(6-9)14(22)17-16-19-18-15(23-16)13-8-11(3)20-21(13)4/h5-8H,1-4H3,(H,17,19,22). The second kappa shape index (κ2) is 5.68. The summed E-state index contributed by atoms with van der Waals surface area (Å²) in [5.41, 5.74) is 4.14. The molecule has 0 atom stereocenters. The molecule has 0 bridgehead atoms. The molecule has 0 fully saturated rings. The highest BCUT2D eigenvalue weighted by Crippen LogP contribution is 2.20. The van der Waals surface area contributed by atoms with Gasteiger partial charge in [-0.05, 0) is 39.0 Å².